The van der Waals surface area contributed by atoms with Crippen LogP contribution in [0.3, 0.4) is 0 Å². The third-order valence-corrected chi connectivity index (χ3v) is 7.97. The van der Waals surface area contributed by atoms with Gasteiger partial charge in [-0.05, 0) is 54.7 Å². The molecule has 1 aliphatic rings. The molecule has 1 aromatic rings. The lowest BCUT2D eigenvalue weighted by Gasteiger charge is -2.29. The van der Waals surface area contributed by atoms with Crippen molar-refractivity contribution in [3.8, 4) is 5.75 Å². The number of carbonyl (C=O) groups is 5. The number of guanidine groups is 1. The molecule has 1 fully saturated rings. The molecule has 1 aliphatic heterocycles. The van der Waals surface area contributed by atoms with Crippen LogP contribution in [0.15, 0.2) is 29.3 Å². The fourth-order valence-electron chi connectivity index (χ4n) is 5.09. The van der Waals surface area contributed by atoms with Crippen molar-refractivity contribution in [2.75, 3.05) is 6.54 Å². The molecule has 0 bridgehead atoms. The van der Waals surface area contributed by atoms with Crippen molar-refractivity contribution in [3.63, 3.8) is 0 Å². The Hall–Kier alpha value is -4.36. The van der Waals surface area contributed by atoms with Gasteiger partial charge in [0.15, 0.2) is 5.96 Å². The molecule has 0 saturated carbocycles. The highest BCUT2D eigenvalue weighted by Crippen LogP contribution is 2.15. The number of phenolic OH excluding ortho intramolecular Hbond substituents is 1. The predicted octanol–water partition coefficient (Wildman–Crippen LogP) is 0.174. The first-order valence-corrected chi connectivity index (χ1v) is 16.0. The smallest absolute Gasteiger partial charge is 0.243 e. The van der Waals surface area contributed by atoms with Crippen LogP contribution >= 0.6 is 0 Å². The van der Waals surface area contributed by atoms with E-state index in [0.29, 0.717) is 24.8 Å². The van der Waals surface area contributed by atoms with Crippen LogP contribution in [0.25, 0.3) is 0 Å². The van der Waals surface area contributed by atoms with E-state index >= 15 is 0 Å². The molecule has 1 aromatic carbocycles. The van der Waals surface area contributed by atoms with E-state index in [1.54, 1.807) is 26.0 Å². The minimum Gasteiger partial charge on any atom is -0.508 e. The molecule has 1 saturated heterocycles. The van der Waals surface area contributed by atoms with E-state index in [-0.39, 0.29) is 48.8 Å². The summed E-state index contributed by atoms with van der Waals surface area (Å²) in [5.41, 5.74) is 11.5. The molecule has 10 N–H and O–H groups in total. The number of nitrogens with two attached hydrogens (primary N) is 2. The molecule has 0 aliphatic carbocycles. The molecule has 0 radical (unpaired) electrons. The van der Waals surface area contributed by atoms with Crippen molar-refractivity contribution in [2.24, 2.45) is 34.2 Å². The maximum absolute atomic E-state index is 13.8. The van der Waals surface area contributed by atoms with Gasteiger partial charge in [-0.3, -0.25) is 29.0 Å². The average molecular weight is 645 g/mol. The zero-order valence-electron chi connectivity index (χ0n) is 27.8. The lowest BCUT2D eigenvalue weighted by Crippen LogP contribution is -2.59. The number of benzene rings is 1. The summed E-state index contributed by atoms with van der Waals surface area (Å²) in [6.07, 6.45) is 1.33. The molecule has 0 unspecified atom stereocenters. The van der Waals surface area contributed by atoms with Crippen LogP contribution in [-0.4, -0.2) is 77.4 Å². The summed E-state index contributed by atoms with van der Waals surface area (Å²) in [7, 11) is 0. The van der Waals surface area contributed by atoms with E-state index < -0.39 is 59.7 Å². The lowest BCUT2D eigenvalue weighted by molar-refractivity contribution is -0.135. The number of aliphatic imine (C=N–C) groups is 1. The standard InChI is InChI=1S/C32H52N8O6/c1-7-19(6)26-31(46)38-24(16-20-10-12-21(41)13-11-20)28(43)36-22(9-8-14-35-32(33)34)27(42)39-25(18(4)5)30(45)37-23(15-17(2)3)29(44)40-26/h10-13,17-19,22-26,41H,7-9,14-16H2,1-6H3,(H,36,43)(H,37,45)(H,38,46)(H,39,42)(H,40,44)(H4,33,34,35)/t19-,22+,23-,24-,25+,26+/m0/s1. The number of aromatic hydroxyl groups is 1. The fraction of sp³-hybridized carbons (Fsp3) is 0.625. The van der Waals surface area contributed by atoms with E-state index in [0.717, 1.165) is 0 Å². The fourth-order valence-corrected chi connectivity index (χ4v) is 5.09. The Kier molecular flexibility index (Phi) is 14.8. The first-order chi connectivity index (χ1) is 21.6. The molecule has 14 heteroatoms. The van der Waals surface area contributed by atoms with Gasteiger partial charge < -0.3 is 43.2 Å². The summed E-state index contributed by atoms with van der Waals surface area (Å²) >= 11 is 0. The Morgan fingerprint density at radius 3 is 1.85 bits per heavy atom. The third-order valence-electron chi connectivity index (χ3n) is 7.97. The van der Waals surface area contributed by atoms with Crippen molar-refractivity contribution >= 4 is 35.5 Å². The molecule has 1 heterocycles. The highest BCUT2D eigenvalue weighted by atomic mass is 16.3. The third kappa shape index (κ3) is 11.9. The molecular weight excluding hydrogens is 592 g/mol. The second-order valence-corrected chi connectivity index (χ2v) is 12.7. The van der Waals surface area contributed by atoms with Crippen LogP contribution in [0.4, 0.5) is 0 Å². The number of nitrogens with one attached hydrogen (secondary N) is 5. The minimum atomic E-state index is -1.15. The summed E-state index contributed by atoms with van der Waals surface area (Å²) in [5.74, 6) is -3.67. The van der Waals surface area contributed by atoms with Gasteiger partial charge in [0, 0.05) is 13.0 Å². The number of hydrogen-bond acceptors (Lipinski definition) is 7. The summed E-state index contributed by atoms with van der Waals surface area (Å²) in [4.78, 5) is 72.5. The number of carbonyl (C=O) groups excluding carboxylic acids is 5. The molecule has 6 atom stereocenters. The Labute approximate surface area is 271 Å². The molecule has 5 amide bonds. The van der Waals surface area contributed by atoms with Gasteiger partial charge in [-0.2, -0.15) is 0 Å². The number of rotatable bonds is 11. The van der Waals surface area contributed by atoms with Gasteiger partial charge >= 0.3 is 0 Å². The first kappa shape index (κ1) is 37.8. The topological polar surface area (TPSA) is 230 Å². The SMILES string of the molecule is CC[C@H](C)[C@H]1NC(=O)[C@H](CC(C)C)NC(=O)[C@@H](C(C)C)NC(=O)[C@@H](CCCN=C(N)N)NC(=O)[C@H](Cc2ccc(O)cc2)NC1=O. The van der Waals surface area contributed by atoms with Crippen LogP contribution in [0.2, 0.25) is 0 Å². The summed E-state index contributed by atoms with van der Waals surface area (Å²) in [6, 6.07) is 0.927. The number of nitrogens with zero attached hydrogens (tertiary/aromatic N) is 1. The first-order valence-electron chi connectivity index (χ1n) is 16.0. The van der Waals surface area contributed by atoms with Crippen molar-refractivity contribution in [2.45, 2.75) is 104 Å². The minimum absolute atomic E-state index is 0.0206. The quantitative estimate of drug-likeness (QED) is 0.0938. The monoisotopic (exact) mass is 644 g/mol. The zero-order chi connectivity index (χ0) is 34.6. The second-order valence-electron chi connectivity index (χ2n) is 12.7. The molecule has 14 nitrogen and oxygen atoms in total. The molecule has 0 spiro atoms. The van der Waals surface area contributed by atoms with Crippen LogP contribution in [0.5, 0.6) is 5.75 Å². The highest BCUT2D eigenvalue weighted by molar-refractivity contribution is 5.98. The second kappa shape index (κ2) is 18.0. The Morgan fingerprint density at radius 2 is 1.28 bits per heavy atom. The Balaban J connectivity index is 2.61. The van der Waals surface area contributed by atoms with E-state index in [4.69, 9.17) is 11.5 Å². The lowest BCUT2D eigenvalue weighted by atomic mass is 9.95. The van der Waals surface area contributed by atoms with Crippen LogP contribution in [0.1, 0.15) is 72.8 Å². The van der Waals surface area contributed by atoms with Gasteiger partial charge in [0.05, 0.1) is 0 Å². The largest absolute Gasteiger partial charge is 0.508 e. The van der Waals surface area contributed by atoms with Crippen LogP contribution in [0, 0.1) is 17.8 Å². The van der Waals surface area contributed by atoms with Gasteiger partial charge in [-0.15, -0.1) is 0 Å². The summed E-state index contributed by atoms with van der Waals surface area (Å²) < 4.78 is 0. The summed E-state index contributed by atoms with van der Waals surface area (Å²) in [6.45, 7) is 11.2. The maximum Gasteiger partial charge on any atom is 0.243 e. The van der Waals surface area contributed by atoms with Crippen LogP contribution < -0.4 is 38.1 Å². The van der Waals surface area contributed by atoms with E-state index in [2.05, 4.69) is 31.6 Å². The van der Waals surface area contributed by atoms with Gasteiger partial charge in [0.25, 0.3) is 0 Å². The number of phenols is 1. The van der Waals surface area contributed by atoms with E-state index in [1.807, 2.05) is 27.7 Å². The molecule has 256 valence electrons. The van der Waals surface area contributed by atoms with Crippen molar-refractivity contribution in [1.29, 1.82) is 0 Å². The van der Waals surface area contributed by atoms with Gasteiger partial charge in [-0.1, -0.05) is 60.1 Å². The van der Waals surface area contributed by atoms with Gasteiger partial charge in [-0.25, -0.2) is 0 Å². The van der Waals surface area contributed by atoms with E-state index in [1.165, 1.54) is 12.1 Å². The van der Waals surface area contributed by atoms with E-state index in [9.17, 15) is 29.1 Å². The highest BCUT2D eigenvalue weighted by Gasteiger charge is 2.36. The maximum atomic E-state index is 13.8. The normalized spacial score (nSPS) is 24.1. The zero-order valence-corrected chi connectivity index (χ0v) is 27.8. The number of amides is 5. The number of hydrogen-bond donors (Lipinski definition) is 8. The van der Waals surface area contributed by atoms with Crippen molar-refractivity contribution in [3.05, 3.63) is 29.8 Å². The Bertz CT molecular complexity index is 1230. The summed E-state index contributed by atoms with van der Waals surface area (Å²) in [5, 5.41) is 23.7. The molecular formula is C32H52N8O6. The average Bonchev–Trinajstić information content (AvgIpc) is 2.98. The molecule has 46 heavy (non-hydrogen) atoms. The predicted molar refractivity (Wildman–Crippen MR) is 175 cm³/mol. The Morgan fingerprint density at radius 1 is 0.761 bits per heavy atom. The van der Waals surface area contributed by atoms with Crippen molar-refractivity contribution in [1.82, 2.24) is 26.6 Å². The van der Waals surface area contributed by atoms with Crippen LogP contribution in [-0.2, 0) is 30.4 Å². The van der Waals surface area contributed by atoms with Gasteiger partial charge in [0.1, 0.15) is 36.0 Å². The molecule has 2 rings (SSSR count). The van der Waals surface area contributed by atoms with Gasteiger partial charge in [0.2, 0.25) is 29.5 Å². The molecule has 0 aromatic heterocycles. The van der Waals surface area contributed by atoms with Crippen molar-refractivity contribution < 1.29 is 29.1 Å².